The van der Waals surface area contributed by atoms with E-state index in [4.69, 9.17) is 4.74 Å². The van der Waals surface area contributed by atoms with Gasteiger partial charge in [-0.1, -0.05) is 28.1 Å². The summed E-state index contributed by atoms with van der Waals surface area (Å²) in [7, 11) is 1.67. The van der Waals surface area contributed by atoms with Gasteiger partial charge in [0.2, 0.25) is 5.95 Å². The highest BCUT2D eigenvalue weighted by Crippen LogP contribution is 2.33. The fourth-order valence-corrected chi connectivity index (χ4v) is 3.22. The Balaban J connectivity index is 1.78. The molecule has 0 aliphatic carbocycles. The van der Waals surface area contributed by atoms with Crippen molar-refractivity contribution in [3.8, 4) is 5.75 Å². The second kappa shape index (κ2) is 6.13. The average Bonchev–Trinajstić information content (AvgIpc) is 3.09. The molecule has 0 unspecified atom stereocenters. The SMILES string of the molecule is COc1ccc(C2=C[C@@H](c3cccc(Br)c3)n3ncnc3N2)cc1. The van der Waals surface area contributed by atoms with Gasteiger partial charge >= 0.3 is 0 Å². The van der Waals surface area contributed by atoms with Gasteiger partial charge in [0.05, 0.1) is 7.11 Å². The quantitative estimate of drug-likeness (QED) is 0.740. The summed E-state index contributed by atoms with van der Waals surface area (Å²) < 4.78 is 8.16. The van der Waals surface area contributed by atoms with E-state index in [9.17, 15) is 0 Å². The molecule has 4 rings (SSSR count). The van der Waals surface area contributed by atoms with Crippen LogP contribution < -0.4 is 10.1 Å². The number of hydrogen-bond donors (Lipinski definition) is 1. The normalized spacial score (nSPS) is 16.1. The van der Waals surface area contributed by atoms with Gasteiger partial charge in [0.25, 0.3) is 0 Å². The fraction of sp³-hybridized carbons (Fsp3) is 0.111. The highest BCUT2D eigenvalue weighted by Gasteiger charge is 2.23. The maximum absolute atomic E-state index is 5.23. The summed E-state index contributed by atoms with van der Waals surface area (Å²) in [5.74, 6) is 1.56. The van der Waals surface area contributed by atoms with E-state index in [2.05, 4.69) is 49.5 Å². The minimum Gasteiger partial charge on any atom is -0.497 e. The smallest absolute Gasteiger partial charge is 0.226 e. The molecule has 0 amide bonds. The number of aromatic nitrogens is 3. The molecule has 2 heterocycles. The third kappa shape index (κ3) is 2.69. The standard InChI is InChI=1S/C18H15BrN4O/c1-24-15-7-5-12(6-8-15)16-10-17(13-3-2-4-14(19)9-13)23-18(22-16)20-11-21-23/h2-11,17H,1H3,(H,20,21,22)/t17-/m0/s1. The van der Waals surface area contributed by atoms with Crippen LogP contribution in [0.15, 0.2) is 65.4 Å². The van der Waals surface area contributed by atoms with E-state index in [0.717, 1.165) is 33.0 Å². The second-order valence-corrected chi connectivity index (χ2v) is 6.38. The molecule has 1 atom stereocenters. The van der Waals surface area contributed by atoms with Crippen LogP contribution in [0.5, 0.6) is 5.75 Å². The van der Waals surface area contributed by atoms with Gasteiger partial charge in [0.1, 0.15) is 18.1 Å². The second-order valence-electron chi connectivity index (χ2n) is 5.46. The Kier molecular flexibility index (Phi) is 3.82. The summed E-state index contributed by atoms with van der Waals surface area (Å²) >= 11 is 3.54. The zero-order valence-electron chi connectivity index (χ0n) is 13.0. The number of nitrogens with zero attached hydrogens (tertiary/aromatic N) is 3. The monoisotopic (exact) mass is 382 g/mol. The van der Waals surface area contributed by atoms with Crippen LogP contribution in [0.1, 0.15) is 17.2 Å². The van der Waals surface area contributed by atoms with E-state index >= 15 is 0 Å². The van der Waals surface area contributed by atoms with E-state index in [1.54, 1.807) is 13.4 Å². The van der Waals surface area contributed by atoms with Crippen molar-refractivity contribution in [1.29, 1.82) is 0 Å². The molecule has 0 saturated heterocycles. The molecular formula is C18H15BrN4O. The highest BCUT2D eigenvalue weighted by molar-refractivity contribution is 9.10. The van der Waals surface area contributed by atoms with Crippen LogP contribution in [-0.4, -0.2) is 21.9 Å². The lowest BCUT2D eigenvalue weighted by molar-refractivity contribution is 0.415. The first-order chi connectivity index (χ1) is 11.7. The van der Waals surface area contributed by atoms with Crippen molar-refractivity contribution >= 4 is 27.6 Å². The largest absolute Gasteiger partial charge is 0.497 e. The summed E-state index contributed by atoms with van der Waals surface area (Å²) in [5.41, 5.74) is 3.22. The summed E-state index contributed by atoms with van der Waals surface area (Å²) in [6.07, 6.45) is 3.73. The zero-order valence-corrected chi connectivity index (χ0v) is 14.6. The Morgan fingerprint density at radius 3 is 2.75 bits per heavy atom. The Hall–Kier alpha value is -2.60. The number of ether oxygens (including phenoxy) is 1. The number of nitrogens with one attached hydrogen (secondary N) is 1. The molecule has 1 aromatic heterocycles. The highest BCUT2D eigenvalue weighted by atomic mass is 79.9. The van der Waals surface area contributed by atoms with Gasteiger partial charge in [-0.3, -0.25) is 0 Å². The van der Waals surface area contributed by atoms with Crippen LogP contribution in [0.2, 0.25) is 0 Å². The van der Waals surface area contributed by atoms with E-state index in [1.165, 1.54) is 0 Å². The average molecular weight is 383 g/mol. The Morgan fingerprint density at radius 2 is 2.00 bits per heavy atom. The molecular weight excluding hydrogens is 368 g/mol. The summed E-state index contributed by atoms with van der Waals surface area (Å²) in [6.45, 7) is 0. The van der Waals surface area contributed by atoms with Gasteiger partial charge in [-0.05, 0) is 53.6 Å². The summed E-state index contributed by atoms with van der Waals surface area (Å²) in [4.78, 5) is 4.33. The van der Waals surface area contributed by atoms with Crippen molar-refractivity contribution in [3.63, 3.8) is 0 Å². The first-order valence-corrected chi connectivity index (χ1v) is 8.32. The van der Waals surface area contributed by atoms with Crippen LogP contribution in [0.25, 0.3) is 5.70 Å². The van der Waals surface area contributed by atoms with Gasteiger partial charge in [0, 0.05) is 10.2 Å². The Morgan fingerprint density at radius 1 is 1.17 bits per heavy atom. The lowest BCUT2D eigenvalue weighted by atomic mass is 10.0. The topological polar surface area (TPSA) is 52.0 Å². The molecule has 120 valence electrons. The van der Waals surface area contributed by atoms with E-state index in [1.807, 2.05) is 41.1 Å². The molecule has 0 fully saturated rings. The summed E-state index contributed by atoms with van der Waals surface area (Å²) in [5, 5.41) is 7.71. The van der Waals surface area contributed by atoms with E-state index in [0.29, 0.717) is 0 Å². The molecule has 5 nitrogen and oxygen atoms in total. The minimum atomic E-state index is -0.0154. The Labute approximate surface area is 148 Å². The van der Waals surface area contributed by atoms with Crippen LogP contribution >= 0.6 is 15.9 Å². The van der Waals surface area contributed by atoms with Crippen LogP contribution in [-0.2, 0) is 0 Å². The van der Waals surface area contributed by atoms with Crippen LogP contribution in [0, 0.1) is 0 Å². The molecule has 6 heteroatoms. The molecule has 0 spiro atoms. The predicted molar refractivity (Wildman–Crippen MR) is 96.9 cm³/mol. The van der Waals surface area contributed by atoms with E-state index < -0.39 is 0 Å². The van der Waals surface area contributed by atoms with Crippen molar-refractivity contribution < 1.29 is 4.74 Å². The number of benzene rings is 2. The number of hydrogen-bond acceptors (Lipinski definition) is 4. The molecule has 1 aliphatic heterocycles. The number of fused-ring (bicyclic) bond motifs is 1. The third-order valence-corrected chi connectivity index (χ3v) is 4.49. The van der Waals surface area contributed by atoms with Crippen molar-refractivity contribution in [2.45, 2.75) is 6.04 Å². The third-order valence-electron chi connectivity index (χ3n) is 4.00. The molecule has 0 bridgehead atoms. The number of rotatable bonds is 3. The van der Waals surface area contributed by atoms with Crippen molar-refractivity contribution in [1.82, 2.24) is 14.8 Å². The van der Waals surface area contributed by atoms with Crippen molar-refractivity contribution in [2.24, 2.45) is 0 Å². The maximum atomic E-state index is 5.23. The van der Waals surface area contributed by atoms with Gasteiger partial charge in [-0.25, -0.2) is 4.68 Å². The fourth-order valence-electron chi connectivity index (χ4n) is 2.80. The lowest BCUT2D eigenvalue weighted by Crippen LogP contribution is -2.20. The number of anilines is 1. The van der Waals surface area contributed by atoms with Gasteiger partial charge in [-0.2, -0.15) is 10.1 Å². The van der Waals surface area contributed by atoms with E-state index in [-0.39, 0.29) is 6.04 Å². The molecule has 1 N–H and O–H groups in total. The minimum absolute atomic E-state index is 0.0154. The Bertz CT molecular complexity index is 901. The predicted octanol–water partition coefficient (Wildman–Crippen LogP) is 4.11. The number of allylic oxidation sites excluding steroid dienone is 1. The summed E-state index contributed by atoms with van der Waals surface area (Å²) in [6, 6.07) is 16.2. The van der Waals surface area contributed by atoms with Crippen LogP contribution in [0.3, 0.4) is 0 Å². The zero-order chi connectivity index (χ0) is 16.5. The lowest BCUT2D eigenvalue weighted by Gasteiger charge is -2.24. The molecule has 3 aromatic rings. The molecule has 0 saturated carbocycles. The van der Waals surface area contributed by atoms with Gasteiger partial charge < -0.3 is 10.1 Å². The first kappa shape index (κ1) is 15.0. The molecule has 0 radical (unpaired) electrons. The first-order valence-electron chi connectivity index (χ1n) is 7.53. The molecule has 24 heavy (non-hydrogen) atoms. The molecule has 2 aromatic carbocycles. The van der Waals surface area contributed by atoms with Crippen molar-refractivity contribution in [3.05, 3.63) is 76.5 Å². The van der Waals surface area contributed by atoms with Gasteiger partial charge in [0.15, 0.2) is 0 Å². The number of methoxy groups -OCH3 is 1. The van der Waals surface area contributed by atoms with Gasteiger partial charge in [-0.15, -0.1) is 0 Å². The maximum Gasteiger partial charge on any atom is 0.226 e. The van der Waals surface area contributed by atoms with Crippen molar-refractivity contribution in [2.75, 3.05) is 12.4 Å². The number of halogens is 1. The molecule has 1 aliphatic rings. The van der Waals surface area contributed by atoms with Crippen LogP contribution in [0.4, 0.5) is 5.95 Å².